The molecule has 0 radical (unpaired) electrons. The maximum atomic E-state index is 10.9. The maximum absolute atomic E-state index is 10.9. The minimum absolute atomic E-state index is 0.273. The average molecular weight is 207 g/mol. The molecule has 2 unspecified atom stereocenters. The minimum atomic E-state index is -0.853. The first-order valence-electron chi connectivity index (χ1n) is 4.95. The number of carboxylic acids is 1. The van der Waals surface area contributed by atoms with E-state index in [0.29, 0.717) is 6.54 Å². The van der Waals surface area contributed by atoms with Crippen molar-refractivity contribution in [3.8, 4) is 5.75 Å². The highest BCUT2D eigenvalue weighted by Crippen LogP contribution is 2.17. The van der Waals surface area contributed by atoms with E-state index in [-0.39, 0.29) is 6.10 Å². The summed E-state index contributed by atoms with van der Waals surface area (Å²) in [7, 11) is 0. The van der Waals surface area contributed by atoms with Crippen LogP contribution in [0.25, 0.3) is 0 Å². The molecule has 1 saturated heterocycles. The van der Waals surface area contributed by atoms with Crippen molar-refractivity contribution in [2.45, 2.75) is 18.6 Å². The van der Waals surface area contributed by atoms with Crippen LogP contribution in [0.4, 0.5) is 0 Å². The molecule has 1 aromatic carbocycles. The predicted octanol–water partition coefficient (Wildman–Crippen LogP) is 0.880. The number of hydrogen-bond acceptors (Lipinski definition) is 3. The lowest BCUT2D eigenvalue weighted by atomic mass is 10.2. The standard InChI is InChI=1S/C11H13NO3/c13-11(14)10-9(6-7-12-10)15-8-4-2-1-3-5-8/h1-5,9-10,12H,6-7H2,(H,13,14). The van der Waals surface area contributed by atoms with Crippen LogP contribution >= 0.6 is 0 Å². The summed E-state index contributed by atoms with van der Waals surface area (Å²) < 4.78 is 5.61. The number of aliphatic carboxylic acids is 1. The lowest BCUT2D eigenvalue weighted by Crippen LogP contribution is -2.41. The number of hydrogen-bond donors (Lipinski definition) is 2. The number of benzene rings is 1. The predicted molar refractivity (Wildman–Crippen MR) is 54.9 cm³/mol. The monoisotopic (exact) mass is 207 g/mol. The summed E-state index contributed by atoms with van der Waals surface area (Å²) >= 11 is 0. The topological polar surface area (TPSA) is 58.6 Å². The van der Waals surface area contributed by atoms with Gasteiger partial charge in [0.05, 0.1) is 0 Å². The van der Waals surface area contributed by atoms with E-state index in [0.717, 1.165) is 12.2 Å². The molecule has 1 heterocycles. The third kappa shape index (κ3) is 2.27. The summed E-state index contributed by atoms with van der Waals surface area (Å²) in [5.41, 5.74) is 0. The van der Waals surface area contributed by atoms with E-state index < -0.39 is 12.0 Å². The van der Waals surface area contributed by atoms with Gasteiger partial charge in [0.1, 0.15) is 17.9 Å². The third-order valence-corrected chi connectivity index (χ3v) is 2.46. The Morgan fingerprint density at radius 2 is 2.13 bits per heavy atom. The van der Waals surface area contributed by atoms with Gasteiger partial charge in [-0.15, -0.1) is 0 Å². The van der Waals surface area contributed by atoms with E-state index >= 15 is 0 Å². The Morgan fingerprint density at radius 1 is 1.40 bits per heavy atom. The fraction of sp³-hybridized carbons (Fsp3) is 0.364. The van der Waals surface area contributed by atoms with Crippen LogP contribution in [0, 0.1) is 0 Å². The molecule has 4 nitrogen and oxygen atoms in total. The number of carbonyl (C=O) groups is 1. The van der Waals surface area contributed by atoms with Crippen LogP contribution in [0.15, 0.2) is 30.3 Å². The highest BCUT2D eigenvalue weighted by Gasteiger charge is 2.34. The summed E-state index contributed by atoms with van der Waals surface area (Å²) in [5, 5.41) is 11.8. The average Bonchev–Trinajstić information content (AvgIpc) is 2.67. The molecule has 0 aliphatic carbocycles. The van der Waals surface area contributed by atoms with E-state index in [1.807, 2.05) is 30.3 Å². The van der Waals surface area contributed by atoms with Gasteiger partial charge in [-0.2, -0.15) is 0 Å². The van der Waals surface area contributed by atoms with Gasteiger partial charge < -0.3 is 15.2 Å². The van der Waals surface area contributed by atoms with E-state index in [9.17, 15) is 4.79 Å². The van der Waals surface area contributed by atoms with Gasteiger partial charge in [-0.05, 0) is 25.1 Å². The molecule has 0 spiro atoms. The van der Waals surface area contributed by atoms with Crippen molar-refractivity contribution in [2.24, 2.45) is 0 Å². The van der Waals surface area contributed by atoms with Gasteiger partial charge in [0, 0.05) is 0 Å². The number of rotatable bonds is 3. The number of para-hydroxylation sites is 1. The van der Waals surface area contributed by atoms with Gasteiger partial charge in [-0.3, -0.25) is 4.79 Å². The van der Waals surface area contributed by atoms with E-state index in [1.165, 1.54) is 0 Å². The van der Waals surface area contributed by atoms with E-state index in [2.05, 4.69) is 5.32 Å². The molecule has 1 aliphatic heterocycles. The van der Waals surface area contributed by atoms with Gasteiger partial charge in [-0.25, -0.2) is 0 Å². The quantitative estimate of drug-likeness (QED) is 0.772. The molecular weight excluding hydrogens is 194 g/mol. The molecule has 2 atom stereocenters. The second kappa shape index (κ2) is 4.31. The summed E-state index contributed by atoms with van der Waals surface area (Å²) in [6.45, 7) is 0.689. The molecule has 4 heteroatoms. The van der Waals surface area contributed by atoms with Gasteiger partial charge in [-0.1, -0.05) is 18.2 Å². The largest absolute Gasteiger partial charge is 0.488 e. The van der Waals surface area contributed by atoms with E-state index in [4.69, 9.17) is 9.84 Å². The van der Waals surface area contributed by atoms with Crippen LogP contribution in [-0.2, 0) is 4.79 Å². The van der Waals surface area contributed by atoms with E-state index in [1.54, 1.807) is 0 Å². The minimum Gasteiger partial charge on any atom is -0.488 e. The lowest BCUT2D eigenvalue weighted by Gasteiger charge is -2.17. The third-order valence-electron chi connectivity index (χ3n) is 2.46. The molecule has 1 aliphatic rings. The van der Waals surface area contributed by atoms with Crippen molar-refractivity contribution in [1.82, 2.24) is 5.32 Å². The highest BCUT2D eigenvalue weighted by molar-refractivity contribution is 5.74. The van der Waals surface area contributed by atoms with Crippen molar-refractivity contribution in [1.29, 1.82) is 0 Å². The molecular formula is C11H13NO3. The fourth-order valence-corrected chi connectivity index (χ4v) is 1.73. The lowest BCUT2D eigenvalue weighted by molar-refractivity contribution is -0.140. The highest BCUT2D eigenvalue weighted by atomic mass is 16.5. The smallest absolute Gasteiger partial charge is 0.324 e. The Kier molecular flexibility index (Phi) is 2.87. The number of carboxylic acid groups (broad SMARTS) is 1. The molecule has 1 fully saturated rings. The van der Waals surface area contributed by atoms with Crippen LogP contribution in [0.5, 0.6) is 5.75 Å². The van der Waals surface area contributed by atoms with Crippen LogP contribution in [0.1, 0.15) is 6.42 Å². The van der Waals surface area contributed by atoms with Crippen LogP contribution in [-0.4, -0.2) is 29.8 Å². The Hall–Kier alpha value is -1.55. The molecule has 15 heavy (non-hydrogen) atoms. The first-order chi connectivity index (χ1) is 7.27. The SMILES string of the molecule is O=C(O)C1NCCC1Oc1ccccc1. The van der Waals surface area contributed by atoms with Gasteiger partial charge in [0.15, 0.2) is 0 Å². The normalized spacial score (nSPS) is 25.1. The Bertz CT molecular complexity index is 339. The zero-order chi connectivity index (χ0) is 10.7. The maximum Gasteiger partial charge on any atom is 0.324 e. The van der Waals surface area contributed by atoms with Crippen molar-refractivity contribution in [2.75, 3.05) is 6.54 Å². The molecule has 0 aromatic heterocycles. The van der Waals surface area contributed by atoms with Gasteiger partial charge >= 0.3 is 5.97 Å². The van der Waals surface area contributed by atoms with Crippen LogP contribution in [0.3, 0.4) is 0 Å². The first-order valence-corrected chi connectivity index (χ1v) is 4.95. The second-order valence-electron chi connectivity index (χ2n) is 3.53. The zero-order valence-electron chi connectivity index (χ0n) is 8.22. The zero-order valence-corrected chi connectivity index (χ0v) is 8.22. The second-order valence-corrected chi connectivity index (χ2v) is 3.53. The molecule has 0 saturated carbocycles. The molecule has 2 N–H and O–H groups in total. The molecule has 0 bridgehead atoms. The summed E-state index contributed by atoms with van der Waals surface area (Å²) in [5.74, 6) is -0.133. The Labute approximate surface area is 87.9 Å². The molecule has 2 rings (SSSR count). The van der Waals surface area contributed by atoms with Gasteiger partial charge in [0.25, 0.3) is 0 Å². The van der Waals surface area contributed by atoms with Gasteiger partial charge in [0.2, 0.25) is 0 Å². The Balaban J connectivity index is 2.03. The first kappa shape index (κ1) is 9.98. The number of nitrogens with one attached hydrogen (secondary N) is 1. The number of ether oxygens (including phenoxy) is 1. The van der Waals surface area contributed by atoms with Crippen LogP contribution in [0.2, 0.25) is 0 Å². The summed E-state index contributed by atoms with van der Waals surface area (Å²) in [4.78, 5) is 10.9. The molecule has 80 valence electrons. The van der Waals surface area contributed by atoms with Crippen LogP contribution < -0.4 is 10.1 Å². The van der Waals surface area contributed by atoms with Crippen molar-refractivity contribution < 1.29 is 14.6 Å². The summed E-state index contributed by atoms with van der Waals surface area (Å²) in [6, 6.07) is 8.70. The summed E-state index contributed by atoms with van der Waals surface area (Å²) in [6.07, 6.45) is 0.455. The fourth-order valence-electron chi connectivity index (χ4n) is 1.73. The Morgan fingerprint density at radius 3 is 2.80 bits per heavy atom. The van der Waals surface area contributed by atoms with Crippen molar-refractivity contribution in [3.05, 3.63) is 30.3 Å². The molecule has 1 aromatic rings. The molecule has 0 amide bonds. The van der Waals surface area contributed by atoms with Crippen molar-refractivity contribution in [3.63, 3.8) is 0 Å². The van der Waals surface area contributed by atoms with Crippen molar-refractivity contribution >= 4 is 5.97 Å².